The molecule has 0 saturated carbocycles. The van der Waals surface area contributed by atoms with Crippen LogP contribution in [0, 0.1) is 6.92 Å². The summed E-state index contributed by atoms with van der Waals surface area (Å²) >= 11 is 0. The van der Waals surface area contributed by atoms with Crippen LogP contribution in [0.5, 0.6) is 5.75 Å². The molecule has 0 aliphatic carbocycles. The number of hydrogen-bond acceptors (Lipinski definition) is 5. The van der Waals surface area contributed by atoms with Crippen molar-refractivity contribution in [2.45, 2.75) is 26.8 Å². The standard InChI is InChI=1S/C24H22N4O3/c1-15(2)28-22-21(14-25-28)20(12-16(3)26-22)24(30)31-19-11-7-10-18(13-19)27-23(29)17-8-5-4-6-9-17/h4-15H,1-3H3,(H,27,29). The van der Waals surface area contributed by atoms with Crippen LogP contribution in [-0.2, 0) is 0 Å². The molecule has 0 radical (unpaired) electrons. The fourth-order valence-corrected chi connectivity index (χ4v) is 3.28. The molecule has 0 aliphatic rings. The van der Waals surface area contributed by atoms with E-state index in [1.54, 1.807) is 65.5 Å². The molecule has 7 heteroatoms. The summed E-state index contributed by atoms with van der Waals surface area (Å²) in [5, 5.41) is 7.81. The van der Waals surface area contributed by atoms with Gasteiger partial charge in [0.15, 0.2) is 5.65 Å². The number of nitrogens with one attached hydrogen (secondary N) is 1. The summed E-state index contributed by atoms with van der Waals surface area (Å²) in [6, 6.07) is 17.4. The molecule has 0 saturated heterocycles. The van der Waals surface area contributed by atoms with Gasteiger partial charge in [-0.3, -0.25) is 4.79 Å². The van der Waals surface area contributed by atoms with E-state index in [1.165, 1.54) is 0 Å². The Morgan fingerprint density at radius 1 is 1.03 bits per heavy atom. The van der Waals surface area contributed by atoms with Gasteiger partial charge < -0.3 is 10.1 Å². The summed E-state index contributed by atoms with van der Waals surface area (Å²) < 4.78 is 7.38. The van der Waals surface area contributed by atoms with Crippen molar-refractivity contribution in [3.05, 3.63) is 83.7 Å². The van der Waals surface area contributed by atoms with Gasteiger partial charge in [0.05, 0.1) is 17.1 Å². The minimum absolute atomic E-state index is 0.112. The van der Waals surface area contributed by atoms with Gasteiger partial charge >= 0.3 is 5.97 Å². The number of benzene rings is 2. The third-order valence-electron chi connectivity index (χ3n) is 4.74. The van der Waals surface area contributed by atoms with Crippen LogP contribution in [0.3, 0.4) is 0 Å². The normalized spacial score (nSPS) is 11.0. The molecule has 0 bridgehead atoms. The van der Waals surface area contributed by atoms with Gasteiger partial charge in [0, 0.05) is 29.1 Å². The van der Waals surface area contributed by atoms with Crippen LogP contribution < -0.4 is 10.1 Å². The van der Waals surface area contributed by atoms with Crippen molar-refractivity contribution >= 4 is 28.6 Å². The quantitative estimate of drug-likeness (QED) is 0.375. The second-order valence-electron chi connectivity index (χ2n) is 7.47. The fourth-order valence-electron chi connectivity index (χ4n) is 3.28. The number of amides is 1. The molecule has 31 heavy (non-hydrogen) atoms. The highest BCUT2D eigenvalue weighted by Gasteiger charge is 2.19. The first-order valence-electron chi connectivity index (χ1n) is 9.96. The lowest BCUT2D eigenvalue weighted by Crippen LogP contribution is -2.13. The molecule has 4 rings (SSSR count). The maximum absolute atomic E-state index is 12.9. The zero-order chi connectivity index (χ0) is 22.0. The van der Waals surface area contributed by atoms with Gasteiger partial charge in [-0.15, -0.1) is 0 Å². The van der Waals surface area contributed by atoms with Crippen molar-refractivity contribution in [2.75, 3.05) is 5.32 Å². The predicted octanol–water partition coefficient (Wildman–Crippen LogP) is 4.79. The number of esters is 1. The molecule has 2 heterocycles. The fraction of sp³-hybridized carbons (Fsp3) is 0.167. The third-order valence-corrected chi connectivity index (χ3v) is 4.74. The molecule has 2 aromatic carbocycles. The molecule has 1 N–H and O–H groups in total. The summed E-state index contributed by atoms with van der Waals surface area (Å²) in [5.41, 5.74) is 2.81. The average molecular weight is 414 g/mol. The zero-order valence-corrected chi connectivity index (χ0v) is 17.5. The lowest BCUT2D eigenvalue weighted by molar-refractivity contribution is 0.0736. The molecule has 4 aromatic rings. The van der Waals surface area contributed by atoms with Gasteiger partial charge in [-0.05, 0) is 51.1 Å². The molecule has 156 valence electrons. The zero-order valence-electron chi connectivity index (χ0n) is 17.5. The van der Waals surface area contributed by atoms with Gasteiger partial charge in [0.2, 0.25) is 0 Å². The van der Waals surface area contributed by atoms with Gasteiger partial charge in [-0.2, -0.15) is 5.10 Å². The maximum atomic E-state index is 12.9. The smallest absolute Gasteiger partial charge is 0.344 e. The molecular formula is C24H22N4O3. The maximum Gasteiger partial charge on any atom is 0.344 e. The first-order chi connectivity index (χ1) is 14.9. The van der Waals surface area contributed by atoms with Crippen molar-refractivity contribution in [3.8, 4) is 5.75 Å². The molecule has 1 amide bonds. The summed E-state index contributed by atoms with van der Waals surface area (Å²) in [7, 11) is 0. The van der Waals surface area contributed by atoms with Crippen LogP contribution in [0.4, 0.5) is 5.69 Å². The van der Waals surface area contributed by atoms with Crippen LogP contribution in [0.15, 0.2) is 66.9 Å². The molecule has 0 unspecified atom stereocenters. The van der Waals surface area contributed by atoms with Gasteiger partial charge in [0.25, 0.3) is 5.91 Å². The first-order valence-corrected chi connectivity index (χ1v) is 9.96. The van der Waals surface area contributed by atoms with E-state index in [0.717, 1.165) is 0 Å². The highest BCUT2D eigenvalue weighted by molar-refractivity contribution is 6.05. The Hall–Kier alpha value is -4.00. The molecule has 0 aliphatic heterocycles. The Labute approximate surface area is 179 Å². The van der Waals surface area contributed by atoms with Crippen LogP contribution >= 0.6 is 0 Å². The number of aromatic nitrogens is 3. The molecule has 0 spiro atoms. The van der Waals surface area contributed by atoms with E-state index in [9.17, 15) is 9.59 Å². The summed E-state index contributed by atoms with van der Waals surface area (Å²) in [5.74, 6) is -0.420. The Balaban J connectivity index is 1.57. The topological polar surface area (TPSA) is 86.1 Å². The summed E-state index contributed by atoms with van der Waals surface area (Å²) in [6.45, 7) is 5.83. The summed E-state index contributed by atoms with van der Waals surface area (Å²) in [6.07, 6.45) is 1.63. The Kier molecular flexibility index (Phi) is 5.49. The number of nitrogens with zero attached hydrogens (tertiary/aromatic N) is 3. The van der Waals surface area contributed by atoms with Crippen LogP contribution in [-0.4, -0.2) is 26.6 Å². The van der Waals surface area contributed by atoms with E-state index >= 15 is 0 Å². The Bertz CT molecular complexity index is 1260. The third kappa shape index (κ3) is 4.30. The molecule has 2 aromatic heterocycles. The van der Waals surface area contributed by atoms with Crippen molar-refractivity contribution in [3.63, 3.8) is 0 Å². The van der Waals surface area contributed by atoms with Gasteiger partial charge in [-0.1, -0.05) is 24.3 Å². The van der Waals surface area contributed by atoms with E-state index in [1.807, 2.05) is 26.8 Å². The highest BCUT2D eigenvalue weighted by atomic mass is 16.5. The number of ether oxygens (including phenoxy) is 1. The number of carbonyl (C=O) groups excluding carboxylic acids is 2. The number of carbonyl (C=O) groups is 2. The lowest BCUT2D eigenvalue weighted by atomic mass is 10.1. The number of rotatable bonds is 5. The van der Waals surface area contributed by atoms with E-state index in [-0.39, 0.29) is 11.9 Å². The number of aryl methyl sites for hydroxylation is 1. The molecule has 0 atom stereocenters. The van der Waals surface area contributed by atoms with Crippen LogP contribution in [0.25, 0.3) is 11.0 Å². The second kappa shape index (κ2) is 8.39. The van der Waals surface area contributed by atoms with Crippen molar-refractivity contribution in [2.24, 2.45) is 0 Å². The van der Waals surface area contributed by atoms with E-state index < -0.39 is 5.97 Å². The SMILES string of the molecule is Cc1cc(C(=O)Oc2cccc(NC(=O)c3ccccc3)c2)c2cnn(C(C)C)c2n1. The van der Waals surface area contributed by atoms with Crippen molar-refractivity contribution in [1.82, 2.24) is 14.8 Å². The lowest BCUT2D eigenvalue weighted by Gasteiger charge is -2.10. The molecule has 7 nitrogen and oxygen atoms in total. The largest absolute Gasteiger partial charge is 0.423 e. The second-order valence-corrected chi connectivity index (χ2v) is 7.47. The molecule has 0 fully saturated rings. The van der Waals surface area contributed by atoms with E-state index in [0.29, 0.717) is 39.3 Å². The number of hydrogen-bond donors (Lipinski definition) is 1. The van der Waals surface area contributed by atoms with Crippen LogP contribution in [0.2, 0.25) is 0 Å². The average Bonchev–Trinajstić information content (AvgIpc) is 3.18. The first kappa shape index (κ1) is 20.3. The van der Waals surface area contributed by atoms with E-state index in [4.69, 9.17) is 4.74 Å². The Morgan fingerprint density at radius 2 is 1.81 bits per heavy atom. The van der Waals surface area contributed by atoms with E-state index in [2.05, 4.69) is 15.4 Å². The summed E-state index contributed by atoms with van der Waals surface area (Å²) in [4.78, 5) is 29.8. The molecular weight excluding hydrogens is 392 g/mol. The van der Waals surface area contributed by atoms with Gasteiger partial charge in [-0.25, -0.2) is 14.5 Å². The monoisotopic (exact) mass is 414 g/mol. The highest BCUT2D eigenvalue weighted by Crippen LogP contribution is 2.24. The predicted molar refractivity (Wildman–Crippen MR) is 118 cm³/mol. The minimum atomic E-state index is -0.509. The van der Waals surface area contributed by atoms with Gasteiger partial charge in [0.1, 0.15) is 5.75 Å². The van der Waals surface area contributed by atoms with Crippen molar-refractivity contribution < 1.29 is 14.3 Å². The number of anilines is 1. The number of pyridine rings is 1. The number of fused-ring (bicyclic) bond motifs is 1. The minimum Gasteiger partial charge on any atom is -0.423 e. The van der Waals surface area contributed by atoms with Crippen LogP contribution in [0.1, 0.15) is 46.3 Å². The Morgan fingerprint density at radius 3 is 2.55 bits per heavy atom. The van der Waals surface area contributed by atoms with Crippen molar-refractivity contribution in [1.29, 1.82) is 0 Å².